The van der Waals surface area contributed by atoms with Crippen LogP contribution in [0.5, 0.6) is 0 Å². The summed E-state index contributed by atoms with van der Waals surface area (Å²) >= 11 is 3.28. The smallest absolute Gasteiger partial charge is 0.252 e. The predicted octanol–water partition coefficient (Wildman–Crippen LogP) is 6.12. The number of carbonyl (C=O) groups is 1. The Bertz CT molecular complexity index is 696. The van der Waals surface area contributed by atoms with Gasteiger partial charge in [-0.1, -0.05) is 62.4 Å². The Morgan fingerprint density at radius 1 is 1.14 bits per heavy atom. The largest absolute Gasteiger partial charge is 0.272 e. The standard InChI is InChI=1S/C14H17N3OS2.C6H6.C2H6/c1-11-7-8-16-17(11)14(18)9-19-10-20-13-6-4-3-5-12(13)15-2;1-2-4-6-5-3-1;1-2/h3-6,8,11H,2,7,9-10H2,1H3;1-6H;1-2H3. The van der Waals surface area contributed by atoms with E-state index < -0.39 is 0 Å². The monoisotopic (exact) mass is 415 g/mol. The molecular weight excluding hydrogens is 386 g/mol. The van der Waals surface area contributed by atoms with Gasteiger partial charge in [0.1, 0.15) is 0 Å². The van der Waals surface area contributed by atoms with Gasteiger partial charge in [-0.3, -0.25) is 9.79 Å². The highest BCUT2D eigenvalue weighted by atomic mass is 32.2. The molecule has 28 heavy (non-hydrogen) atoms. The van der Waals surface area contributed by atoms with E-state index in [0.717, 1.165) is 22.1 Å². The fraction of sp³-hybridized carbons (Fsp3) is 0.318. The quantitative estimate of drug-likeness (QED) is 0.247. The van der Waals surface area contributed by atoms with Gasteiger partial charge < -0.3 is 0 Å². The Hall–Kier alpha value is -2.05. The Kier molecular flexibility index (Phi) is 12.8. The molecule has 0 saturated heterocycles. The molecule has 0 bridgehead atoms. The molecule has 1 unspecified atom stereocenters. The summed E-state index contributed by atoms with van der Waals surface area (Å²) in [5.41, 5.74) is 0.891. The number of para-hydroxylation sites is 1. The first-order chi connectivity index (χ1) is 13.7. The molecule has 1 atom stereocenters. The van der Waals surface area contributed by atoms with Crippen LogP contribution in [0, 0.1) is 0 Å². The molecule has 0 aromatic heterocycles. The van der Waals surface area contributed by atoms with E-state index in [0.29, 0.717) is 5.75 Å². The van der Waals surface area contributed by atoms with Gasteiger partial charge in [0.25, 0.3) is 5.91 Å². The number of rotatable bonds is 6. The minimum atomic E-state index is 0.0759. The summed E-state index contributed by atoms with van der Waals surface area (Å²) in [5.74, 6) is 0.533. The molecule has 1 aliphatic rings. The van der Waals surface area contributed by atoms with Gasteiger partial charge in [-0.25, -0.2) is 5.01 Å². The van der Waals surface area contributed by atoms with Crippen LogP contribution >= 0.6 is 23.5 Å². The van der Waals surface area contributed by atoms with Crippen LogP contribution in [0.4, 0.5) is 5.69 Å². The van der Waals surface area contributed by atoms with Crippen LogP contribution in [-0.2, 0) is 4.79 Å². The fourth-order valence-electron chi connectivity index (χ4n) is 2.21. The van der Waals surface area contributed by atoms with E-state index in [1.54, 1.807) is 34.7 Å². The Labute approximate surface area is 177 Å². The fourth-order valence-corrected chi connectivity index (χ4v) is 4.14. The highest BCUT2D eigenvalue weighted by molar-refractivity contribution is 8.16. The van der Waals surface area contributed by atoms with Gasteiger partial charge in [0.05, 0.1) is 17.5 Å². The van der Waals surface area contributed by atoms with Crippen molar-refractivity contribution in [2.45, 2.75) is 38.1 Å². The maximum atomic E-state index is 11.9. The van der Waals surface area contributed by atoms with Gasteiger partial charge in [-0.2, -0.15) is 5.10 Å². The van der Waals surface area contributed by atoms with Crippen LogP contribution in [0.3, 0.4) is 0 Å². The third-order valence-electron chi connectivity index (χ3n) is 3.55. The first-order valence-corrected chi connectivity index (χ1v) is 11.5. The van der Waals surface area contributed by atoms with Crippen LogP contribution in [0.1, 0.15) is 27.2 Å². The third kappa shape index (κ3) is 8.76. The number of hydrogen-bond acceptors (Lipinski definition) is 5. The molecule has 0 N–H and O–H groups in total. The Balaban J connectivity index is 0.000000411. The number of aliphatic imine (C=N–C) groups is 1. The van der Waals surface area contributed by atoms with Crippen LogP contribution in [-0.4, -0.2) is 40.7 Å². The van der Waals surface area contributed by atoms with Gasteiger partial charge in [0.2, 0.25) is 0 Å². The first-order valence-electron chi connectivity index (χ1n) is 9.33. The van der Waals surface area contributed by atoms with Gasteiger partial charge >= 0.3 is 0 Å². The second kappa shape index (κ2) is 14.9. The number of amides is 1. The van der Waals surface area contributed by atoms with Crippen molar-refractivity contribution in [3.8, 4) is 0 Å². The minimum Gasteiger partial charge on any atom is -0.272 e. The van der Waals surface area contributed by atoms with E-state index >= 15 is 0 Å². The average molecular weight is 416 g/mol. The predicted molar refractivity (Wildman–Crippen MR) is 126 cm³/mol. The van der Waals surface area contributed by atoms with Crippen molar-refractivity contribution in [2.24, 2.45) is 10.1 Å². The molecule has 0 saturated carbocycles. The normalized spacial score (nSPS) is 14.4. The number of hydrogen-bond donors (Lipinski definition) is 0. The number of benzene rings is 2. The van der Waals surface area contributed by atoms with E-state index in [9.17, 15) is 4.79 Å². The summed E-state index contributed by atoms with van der Waals surface area (Å²) < 4.78 is 0. The van der Waals surface area contributed by atoms with E-state index in [4.69, 9.17) is 0 Å². The molecule has 1 amide bonds. The minimum absolute atomic E-state index is 0.0759. The number of nitrogens with zero attached hydrogens (tertiary/aromatic N) is 3. The molecule has 2 aromatic carbocycles. The SMILES string of the molecule is C=Nc1ccccc1SCSCC(=O)N1N=CCC1C.CC.c1ccccc1. The van der Waals surface area contributed by atoms with E-state index in [1.165, 1.54) is 0 Å². The molecular formula is C22H29N3OS2. The van der Waals surface area contributed by atoms with E-state index in [-0.39, 0.29) is 11.9 Å². The van der Waals surface area contributed by atoms with Crippen LogP contribution in [0.15, 0.2) is 75.7 Å². The zero-order valence-electron chi connectivity index (χ0n) is 16.8. The lowest BCUT2D eigenvalue weighted by atomic mass is 10.3. The lowest BCUT2D eigenvalue weighted by molar-refractivity contribution is -0.129. The van der Waals surface area contributed by atoms with Crippen LogP contribution in [0.2, 0.25) is 0 Å². The summed E-state index contributed by atoms with van der Waals surface area (Å²) in [5, 5.41) is 6.49. The van der Waals surface area contributed by atoms with Crippen molar-refractivity contribution in [1.29, 1.82) is 0 Å². The Morgan fingerprint density at radius 2 is 1.75 bits per heavy atom. The van der Waals surface area contributed by atoms with E-state index in [1.807, 2.05) is 81.4 Å². The van der Waals surface area contributed by atoms with Crippen molar-refractivity contribution < 1.29 is 4.79 Å². The molecule has 4 nitrogen and oxygen atoms in total. The van der Waals surface area contributed by atoms with Crippen molar-refractivity contribution in [3.63, 3.8) is 0 Å². The Morgan fingerprint density at radius 3 is 2.29 bits per heavy atom. The highest BCUT2D eigenvalue weighted by Crippen LogP contribution is 2.31. The molecule has 3 rings (SSSR count). The van der Waals surface area contributed by atoms with Gasteiger partial charge in [-0.05, 0) is 25.8 Å². The molecule has 1 aliphatic heterocycles. The molecule has 0 radical (unpaired) electrons. The highest BCUT2D eigenvalue weighted by Gasteiger charge is 2.22. The topological polar surface area (TPSA) is 45.0 Å². The van der Waals surface area contributed by atoms with Crippen molar-refractivity contribution in [3.05, 3.63) is 60.7 Å². The summed E-state index contributed by atoms with van der Waals surface area (Å²) in [4.78, 5) is 17.0. The van der Waals surface area contributed by atoms with Crippen LogP contribution < -0.4 is 0 Å². The molecule has 0 spiro atoms. The second-order valence-corrected chi connectivity index (χ2v) is 7.88. The lowest BCUT2D eigenvalue weighted by Gasteiger charge is -2.17. The van der Waals surface area contributed by atoms with Gasteiger partial charge in [0.15, 0.2) is 0 Å². The zero-order valence-corrected chi connectivity index (χ0v) is 18.5. The van der Waals surface area contributed by atoms with Crippen LogP contribution in [0.25, 0.3) is 0 Å². The zero-order chi connectivity index (χ0) is 20.6. The molecule has 6 heteroatoms. The number of carbonyl (C=O) groups excluding carboxylic acids is 1. The molecule has 150 valence electrons. The van der Waals surface area contributed by atoms with Gasteiger partial charge in [-0.15, -0.1) is 23.5 Å². The van der Waals surface area contributed by atoms with Gasteiger partial charge in [0, 0.05) is 22.6 Å². The van der Waals surface area contributed by atoms with E-state index in [2.05, 4.69) is 16.8 Å². The molecule has 2 aromatic rings. The molecule has 1 heterocycles. The summed E-state index contributed by atoms with van der Waals surface area (Å²) in [6.45, 7) is 9.57. The third-order valence-corrected chi connectivity index (χ3v) is 5.80. The lowest BCUT2D eigenvalue weighted by Crippen LogP contribution is -2.31. The van der Waals surface area contributed by atoms with Crippen molar-refractivity contribution >= 4 is 48.1 Å². The number of hydrazone groups is 1. The maximum absolute atomic E-state index is 11.9. The van der Waals surface area contributed by atoms with Crippen molar-refractivity contribution in [1.82, 2.24) is 5.01 Å². The summed E-state index contributed by atoms with van der Waals surface area (Å²) in [7, 11) is 0. The molecule has 0 fully saturated rings. The number of thioether (sulfide) groups is 2. The second-order valence-electron chi connectivity index (χ2n) is 5.51. The molecule has 0 aliphatic carbocycles. The first kappa shape index (κ1) is 24.0. The summed E-state index contributed by atoms with van der Waals surface area (Å²) in [6.07, 6.45) is 2.65. The summed E-state index contributed by atoms with van der Waals surface area (Å²) in [6, 6.07) is 20.1. The van der Waals surface area contributed by atoms with Crippen molar-refractivity contribution in [2.75, 3.05) is 10.8 Å². The average Bonchev–Trinajstić information content (AvgIpc) is 3.20. The maximum Gasteiger partial charge on any atom is 0.252 e.